The van der Waals surface area contributed by atoms with Crippen molar-refractivity contribution in [1.82, 2.24) is 19.7 Å². The predicted molar refractivity (Wildman–Crippen MR) is 111 cm³/mol. The molecule has 158 valence electrons. The number of rotatable bonds is 9. The summed E-state index contributed by atoms with van der Waals surface area (Å²) in [6.07, 6.45) is 3.86. The molecular weight excluding hydrogens is 404 g/mol. The Bertz CT molecular complexity index is 1060. The zero-order valence-corrected chi connectivity index (χ0v) is 18.0. The van der Waals surface area contributed by atoms with Crippen molar-refractivity contribution in [2.45, 2.75) is 51.2 Å². The van der Waals surface area contributed by atoms with Crippen molar-refractivity contribution < 1.29 is 18.7 Å². The number of nitrogens with one attached hydrogen (secondary N) is 1. The van der Waals surface area contributed by atoms with E-state index in [1.165, 1.54) is 11.8 Å². The fourth-order valence-electron chi connectivity index (χ4n) is 3.54. The first-order chi connectivity index (χ1) is 14.5. The van der Waals surface area contributed by atoms with Gasteiger partial charge in [0.1, 0.15) is 17.3 Å². The van der Waals surface area contributed by atoms with Gasteiger partial charge in [-0.3, -0.25) is 9.36 Å². The normalized spacial score (nSPS) is 13.6. The summed E-state index contributed by atoms with van der Waals surface area (Å²) in [6, 6.07) is 3.77. The third kappa shape index (κ3) is 4.07. The van der Waals surface area contributed by atoms with Gasteiger partial charge in [0.2, 0.25) is 0 Å². The molecule has 8 nitrogen and oxygen atoms in total. The lowest BCUT2D eigenvalue weighted by Crippen LogP contribution is -2.10. The Kier molecular flexibility index (Phi) is 5.80. The molecule has 0 atom stereocenters. The maximum atomic E-state index is 13.0. The molecule has 3 aromatic rings. The lowest BCUT2D eigenvalue weighted by molar-refractivity contribution is 0.0519. The molecule has 3 aromatic heterocycles. The minimum Gasteiger partial charge on any atom is -0.467 e. The van der Waals surface area contributed by atoms with Crippen LogP contribution in [0.4, 0.5) is 0 Å². The minimum atomic E-state index is -0.447. The number of H-pyrrole nitrogens is 1. The Morgan fingerprint density at radius 2 is 2.13 bits per heavy atom. The molecule has 0 saturated heterocycles. The standard InChI is InChI=1S/C21H24N4O4S/c1-4-28-20(27)18-12(2)17(13(3)22-18)16(26)11-30-21-24-23-19(14-7-8-14)25(21)10-15-6-5-9-29-15/h5-6,9,14,22H,4,7-8,10-11H2,1-3H3. The Labute approximate surface area is 178 Å². The highest BCUT2D eigenvalue weighted by molar-refractivity contribution is 7.99. The molecule has 1 aliphatic carbocycles. The zero-order chi connectivity index (χ0) is 21.3. The van der Waals surface area contributed by atoms with Crippen LogP contribution in [0.1, 0.15) is 69.4 Å². The number of ketones is 1. The van der Waals surface area contributed by atoms with Gasteiger partial charge in [-0.05, 0) is 51.3 Å². The monoisotopic (exact) mass is 428 g/mol. The van der Waals surface area contributed by atoms with Gasteiger partial charge in [0.15, 0.2) is 10.9 Å². The fraction of sp³-hybridized carbons (Fsp3) is 0.429. The highest BCUT2D eigenvalue weighted by atomic mass is 32.2. The van der Waals surface area contributed by atoms with Gasteiger partial charge in [0.05, 0.1) is 25.2 Å². The average molecular weight is 429 g/mol. The number of carbonyl (C=O) groups is 2. The number of thioether (sulfide) groups is 1. The molecule has 0 bridgehead atoms. The maximum absolute atomic E-state index is 13.0. The molecule has 0 aromatic carbocycles. The Hall–Kier alpha value is -2.81. The average Bonchev–Trinajstić information content (AvgIpc) is 3.14. The summed E-state index contributed by atoms with van der Waals surface area (Å²) in [6.45, 7) is 6.12. The van der Waals surface area contributed by atoms with E-state index in [9.17, 15) is 9.59 Å². The van der Waals surface area contributed by atoms with Crippen LogP contribution in [0, 0.1) is 13.8 Å². The SMILES string of the molecule is CCOC(=O)c1[nH]c(C)c(C(=O)CSc2nnc(C3CC3)n2Cc2ccco2)c1C. The van der Waals surface area contributed by atoms with Crippen LogP contribution in [0.3, 0.4) is 0 Å². The number of aromatic amines is 1. The topological polar surface area (TPSA) is 103 Å². The number of aryl methyl sites for hydroxylation is 1. The summed E-state index contributed by atoms with van der Waals surface area (Å²) >= 11 is 1.35. The first-order valence-electron chi connectivity index (χ1n) is 9.97. The first-order valence-corrected chi connectivity index (χ1v) is 11.0. The van der Waals surface area contributed by atoms with Gasteiger partial charge in [-0.15, -0.1) is 10.2 Å². The lowest BCUT2D eigenvalue weighted by atomic mass is 10.1. The third-order valence-corrected chi connectivity index (χ3v) is 6.08. The number of Topliss-reactive ketones (excluding diaryl/α,β-unsaturated/α-hetero) is 1. The number of furan rings is 1. The molecule has 1 saturated carbocycles. The fourth-order valence-corrected chi connectivity index (χ4v) is 4.35. The first kappa shape index (κ1) is 20.5. The lowest BCUT2D eigenvalue weighted by Gasteiger charge is -2.08. The van der Waals surface area contributed by atoms with E-state index < -0.39 is 5.97 Å². The molecule has 0 amide bonds. The number of nitrogens with zero attached hydrogens (tertiary/aromatic N) is 3. The van der Waals surface area contributed by atoms with Gasteiger partial charge >= 0.3 is 5.97 Å². The van der Waals surface area contributed by atoms with Gasteiger partial charge in [0.25, 0.3) is 0 Å². The largest absolute Gasteiger partial charge is 0.467 e. The smallest absolute Gasteiger partial charge is 0.355 e. The van der Waals surface area contributed by atoms with Crippen LogP contribution in [0.5, 0.6) is 0 Å². The van der Waals surface area contributed by atoms with Gasteiger partial charge < -0.3 is 14.1 Å². The summed E-state index contributed by atoms with van der Waals surface area (Å²) in [7, 11) is 0. The number of ether oxygens (including phenoxy) is 1. The second-order valence-corrected chi connectivity index (χ2v) is 8.28. The predicted octanol–water partition coefficient (Wildman–Crippen LogP) is 3.89. The summed E-state index contributed by atoms with van der Waals surface area (Å²) < 4.78 is 12.6. The van der Waals surface area contributed by atoms with Crippen LogP contribution in [-0.4, -0.2) is 43.9 Å². The zero-order valence-electron chi connectivity index (χ0n) is 17.2. The van der Waals surface area contributed by atoms with E-state index in [1.54, 1.807) is 27.0 Å². The number of esters is 1. The Morgan fingerprint density at radius 1 is 1.33 bits per heavy atom. The molecule has 0 unspecified atom stereocenters. The van der Waals surface area contributed by atoms with E-state index in [2.05, 4.69) is 15.2 Å². The highest BCUT2D eigenvalue weighted by Crippen LogP contribution is 2.40. The van der Waals surface area contributed by atoms with Crippen molar-refractivity contribution in [3.8, 4) is 0 Å². The molecule has 30 heavy (non-hydrogen) atoms. The Morgan fingerprint density at radius 3 is 2.80 bits per heavy atom. The van der Waals surface area contributed by atoms with Crippen molar-refractivity contribution in [1.29, 1.82) is 0 Å². The second-order valence-electron chi connectivity index (χ2n) is 7.34. The van der Waals surface area contributed by atoms with Gasteiger partial charge in [-0.25, -0.2) is 4.79 Å². The molecule has 4 rings (SSSR count). The molecule has 9 heteroatoms. The van der Waals surface area contributed by atoms with Crippen molar-refractivity contribution in [2.24, 2.45) is 0 Å². The van der Waals surface area contributed by atoms with E-state index in [1.807, 2.05) is 16.7 Å². The molecule has 0 aliphatic heterocycles. The van der Waals surface area contributed by atoms with Gasteiger partial charge in [-0.1, -0.05) is 11.8 Å². The summed E-state index contributed by atoms with van der Waals surface area (Å²) in [5.74, 6) is 1.88. The molecule has 1 aliphatic rings. The number of hydrogen-bond donors (Lipinski definition) is 1. The van der Waals surface area contributed by atoms with Crippen molar-refractivity contribution >= 4 is 23.5 Å². The summed E-state index contributed by atoms with van der Waals surface area (Å²) in [4.78, 5) is 28.1. The molecule has 1 N–H and O–H groups in total. The molecular formula is C21H24N4O4S. The summed E-state index contributed by atoms with van der Waals surface area (Å²) in [5, 5.41) is 9.38. The van der Waals surface area contributed by atoms with Crippen LogP contribution in [0.15, 0.2) is 28.0 Å². The van der Waals surface area contributed by atoms with Gasteiger partial charge in [-0.2, -0.15) is 0 Å². The van der Waals surface area contributed by atoms with E-state index in [-0.39, 0.29) is 18.1 Å². The van der Waals surface area contributed by atoms with E-state index >= 15 is 0 Å². The van der Waals surface area contributed by atoms with Crippen LogP contribution in [-0.2, 0) is 11.3 Å². The number of hydrogen-bond acceptors (Lipinski definition) is 7. The van der Waals surface area contributed by atoms with Crippen LogP contribution in [0.25, 0.3) is 0 Å². The minimum absolute atomic E-state index is 0.0673. The van der Waals surface area contributed by atoms with Gasteiger partial charge in [0, 0.05) is 17.2 Å². The molecule has 0 spiro atoms. The second kappa shape index (κ2) is 8.51. The van der Waals surface area contributed by atoms with Crippen molar-refractivity contribution in [2.75, 3.05) is 12.4 Å². The van der Waals surface area contributed by atoms with Crippen molar-refractivity contribution in [3.05, 3.63) is 52.5 Å². The quantitative estimate of drug-likeness (QED) is 0.313. The van der Waals surface area contributed by atoms with E-state index in [0.717, 1.165) is 24.4 Å². The number of aromatic nitrogens is 4. The van der Waals surface area contributed by atoms with Crippen LogP contribution < -0.4 is 0 Å². The third-order valence-electron chi connectivity index (χ3n) is 5.11. The van der Waals surface area contributed by atoms with E-state index in [4.69, 9.17) is 9.15 Å². The van der Waals surface area contributed by atoms with Crippen LogP contribution in [0.2, 0.25) is 0 Å². The van der Waals surface area contributed by atoms with Crippen LogP contribution >= 0.6 is 11.8 Å². The molecule has 0 radical (unpaired) electrons. The summed E-state index contributed by atoms with van der Waals surface area (Å²) in [5.41, 5.74) is 2.15. The van der Waals surface area contributed by atoms with E-state index in [0.29, 0.717) is 40.1 Å². The molecule has 3 heterocycles. The Balaban J connectivity index is 1.51. The van der Waals surface area contributed by atoms with Crippen molar-refractivity contribution in [3.63, 3.8) is 0 Å². The highest BCUT2D eigenvalue weighted by Gasteiger charge is 2.31. The number of carbonyl (C=O) groups excluding carboxylic acids is 2. The maximum Gasteiger partial charge on any atom is 0.355 e. The molecule has 1 fully saturated rings.